The van der Waals surface area contributed by atoms with Gasteiger partial charge < -0.3 is 14.8 Å². The molecule has 1 aliphatic heterocycles. The molecule has 1 fully saturated rings. The average molecular weight is 698 g/mol. The molecule has 35 heavy (non-hydrogen) atoms. The first-order valence-electron chi connectivity index (χ1n) is 10.8. The molecule has 0 radical (unpaired) electrons. The Bertz CT molecular complexity index is 1280. The summed E-state index contributed by atoms with van der Waals surface area (Å²) in [6, 6.07) is 16.9. The summed E-state index contributed by atoms with van der Waals surface area (Å²) in [5, 5.41) is 2.62. The fourth-order valence-corrected chi connectivity index (χ4v) is 4.61. The van der Waals surface area contributed by atoms with E-state index in [0.717, 1.165) is 17.6 Å². The van der Waals surface area contributed by atoms with E-state index in [0.29, 0.717) is 35.8 Å². The van der Waals surface area contributed by atoms with Gasteiger partial charge >= 0.3 is 6.03 Å². The third-order valence-electron chi connectivity index (χ3n) is 5.16. The third-order valence-corrected chi connectivity index (χ3v) is 6.68. The topological polar surface area (TPSA) is 67.9 Å². The Labute approximate surface area is 229 Å². The summed E-state index contributed by atoms with van der Waals surface area (Å²) in [6.07, 6.45) is 1.61. The van der Waals surface area contributed by atoms with Gasteiger partial charge in [0.15, 0.2) is 11.5 Å². The maximum Gasteiger partial charge on any atom is 0.329 e. The lowest BCUT2D eigenvalue weighted by atomic mass is 10.1. The van der Waals surface area contributed by atoms with Crippen LogP contribution in [0.2, 0.25) is 0 Å². The maximum atomic E-state index is 13.2. The number of nitrogens with one attached hydrogen (secondary N) is 1. The number of rotatable bonds is 8. The number of imide groups is 1. The summed E-state index contributed by atoms with van der Waals surface area (Å²) >= 11 is 4.43. The van der Waals surface area contributed by atoms with Crippen LogP contribution in [0.5, 0.6) is 11.5 Å². The number of urea groups is 1. The highest BCUT2D eigenvalue weighted by Crippen LogP contribution is 2.36. The van der Waals surface area contributed by atoms with E-state index < -0.39 is 11.9 Å². The lowest BCUT2D eigenvalue weighted by molar-refractivity contribution is -0.123. The van der Waals surface area contributed by atoms with Crippen molar-refractivity contribution in [2.24, 2.45) is 0 Å². The van der Waals surface area contributed by atoms with Crippen LogP contribution >= 0.6 is 45.2 Å². The van der Waals surface area contributed by atoms with E-state index in [9.17, 15) is 14.0 Å². The number of ether oxygens (including phenoxy) is 2. The molecule has 0 saturated carbocycles. The minimum absolute atomic E-state index is 0.0509. The van der Waals surface area contributed by atoms with Crippen LogP contribution in [0, 0.1) is 13.0 Å². The first kappa shape index (κ1) is 25.4. The Hall–Kier alpha value is -2.67. The largest absolute Gasteiger partial charge is 0.490 e. The standard InChI is InChI=1S/C26H21FI2N2O4/c1-2-34-23-13-18(11-21(29)24(23)35-15-17-5-9-20(28)10-6-17)12-22-25(32)31(26(33)30-22)14-16-3-7-19(27)8-4-16/h3-13H,2,14-15H2,1H3,(H,30,33)/b22-12+. The van der Waals surface area contributed by atoms with Gasteiger partial charge in [-0.2, -0.15) is 0 Å². The van der Waals surface area contributed by atoms with Crippen LogP contribution in [-0.4, -0.2) is 23.4 Å². The predicted octanol–water partition coefficient (Wildman–Crippen LogP) is 6.11. The molecule has 4 rings (SSSR count). The van der Waals surface area contributed by atoms with Crippen molar-refractivity contribution < 1.29 is 23.5 Å². The molecule has 1 N–H and O–H groups in total. The Morgan fingerprint density at radius 1 is 0.971 bits per heavy atom. The first-order chi connectivity index (χ1) is 16.8. The molecule has 0 unspecified atom stereocenters. The molecule has 0 atom stereocenters. The van der Waals surface area contributed by atoms with Crippen LogP contribution in [-0.2, 0) is 17.9 Å². The molecule has 3 amide bonds. The van der Waals surface area contributed by atoms with Crippen molar-refractivity contribution in [3.8, 4) is 11.5 Å². The maximum absolute atomic E-state index is 13.2. The highest BCUT2D eigenvalue weighted by Gasteiger charge is 2.33. The lowest BCUT2D eigenvalue weighted by Crippen LogP contribution is -2.30. The number of carbonyl (C=O) groups excluding carboxylic acids is 2. The summed E-state index contributed by atoms with van der Waals surface area (Å²) in [5.74, 6) is 0.341. The highest BCUT2D eigenvalue weighted by molar-refractivity contribution is 14.1. The SMILES string of the molecule is CCOc1cc(/C=C2/NC(=O)N(Cc3ccc(F)cc3)C2=O)cc(I)c1OCc1ccc(I)cc1. The van der Waals surface area contributed by atoms with E-state index in [1.54, 1.807) is 24.3 Å². The fourth-order valence-electron chi connectivity index (χ4n) is 3.46. The Morgan fingerprint density at radius 2 is 1.66 bits per heavy atom. The molecule has 1 aliphatic rings. The van der Waals surface area contributed by atoms with Gasteiger partial charge in [-0.1, -0.05) is 24.3 Å². The van der Waals surface area contributed by atoms with Gasteiger partial charge in [-0.05, 0) is 111 Å². The number of hydrogen-bond donors (Lipinski definition) is 1. The minimum atomic E-state index is -0.525. The van der Waals surface area contributed by atoms with E-state index in [1.165, 1.54) is 12.1 Å². The molecule has 0 aliphatic carbocycles. The van der Waals surface area contributed by atoms with Crippen molar-refractivity contribution in [1.82, 2.24) is 10.2 Å². The van der Waals surface area contributed by atoms with Gasteiger partial charge in [0.05, 0.1) is 16.7 Å². The Morgan fingerprint density at radius 3 is 2.34 bits per heavy atom. The predicted molar refractivity (Wildman–Crippen MR) is 147 cm³/mol. The van der Waals surface area contributed by atoms with Gasteiger partial charge in [0.2, 0.25) is 0 Å². The molecule has 6 nitrogen and oxygen atoms in total. The van der Waals surface area contributed by atoms with Crippen LogP contribution in [0.15, 0.2) is 66.4 Å². The number of carbonyl (C=O) groups is 2. The molecule has 0 aromatic heterocycles. The molecule has 3 aromatic carbocycles. The number of benzene rings is 3. The molecule has 0 bridgehead atoms. The Kier molecular flexibility index (Phi) is 8.26. The quantitative estimate of drug-likeness (QED) is 0.176. The second kappa shape index (κ2) is 11.4. The van der Waals surface area contributed by atoms with Gasteiger partial charge in [-0.25, -0.2) is 9.18 Å². The number of nitrogens with zero attached hydrogens (tertiary/aromatic N) is 1. The van der Waals surface area contributed by atoms with Crippen molar-refractivity contribution in [2.45, 2.75) is 20.1 Å². The molecular formula is C26H21FI2N2O4. The summed E-state index contributed by atoms with van der Waals surface area (Å²) in [7, 11) is 0. The van der Waals surface area contributed by atoms with Crippen LogP contribution in [0.1, 0.15) is 23.6 Å². The van der Waals surface area contributed by atoms with Crippen LogP contribution in [0.4, 0.5) is 9.18 Å². The van der Waals surface area contributed by atoms with Crippen LogP contribution in [0.3, 0.4) is 0 Å². The fraction of sp³-hybridized carbons (Fsp3) is 0.154. The summed E-state index contributed by atoms with van der Waals surface area (Å²) < 4.78 is 27.0. The first-order valence-corrected chi connectivity index (χ1v) is 12.9. The highest BCUT2D eigenvalue weighted by atomic mass is 127. The zero-order valence-corrected chi connectivity index (χ0v) is 23.0. The molecule has 3 aromatic rings. The van der Waals surface area contributed by atoms with Crippen molar-refractivity contribution in [1.29, 1.82) is 0 Å². The van der Waals surface area contributed by atoms with Gasteiger partial charge in [0.1, 0.15) is 18.1 Å². The van der Waals surface area contributed by atoms with Crippen LogP contribution in [0.25, 0.3) is 6.08 Å². The lowest BCUT2D eigenvalue weighted by Gasteiger charge is -2.15. The summed E-state index contributed by atoms with van der Waals surface area (Å²) in [5.41, 5.74) is 2.53. The third kappa shape index (κ3) is 6.31. The zero-order chi connectivity index (χ0) is 24.9. The molecule has 9 heteroatoms. The molecular weight excluding hydrogens is 677 g/mol. The van der Waals surface area contributed by atoms with E-state index in [4.69, 9.17) is 9.47 Å². The van der Waals surface area contributed by atoms with Crippen molar-refractivity contribution >= 4 is 63.2 Å². The van der Waals surface area contributed by atoms with E-state index in [-0.39, 0.29) is 18.1 Å². The summed E-state index contributed by atoms with van der Waals surface area (Å²) in [6.45, 7) is 2.77. The molecule has 0 spiro atoms. The van der Waals surface area contributed by atoms with Gasteiger partial charge in [-0.3, -0.25) is 9.69 Å². The molecule has 180 valence electrons. The number of hydrogen-bond acceptors (Lipinski definition) is 4. The van der Waals surface area contributed by atoms with Crippen molar-refractivity contribution in [3.05, 3.63) is 96.0 Å². The van der Waals surface area contributed by atoms with Crippen molar-refractivity contribution in [3.63, 3.8) is 0 Å². The second-order valence-corrected chi connectivity index (χ2v) is 10.1. The molecule has 1 saturated heterocycles. The smallest absolute Gasteiger partial charge is 0.329 e. The van der Waals surface area contributed by atoms with Gasteiger partial charge in [0, 0.05) is 3.57 Å². The van der Waals surface area contributed by atoms with Crippen molar-refractivity contribution in [2.75, 3.05) is 6.61 Å². The summed E-state index contributed by atoms with van der Waals surface area (Å²) in [4.78, 5) is 26.4. The zero-order valence-electron chi connectivity index (χ0n) is 18.7. The second-order valence-electron chi connectivity index (χ2n) is 7.68. The Balaban J connectivity index is 1.54. The van der Waals surface area contributed by atoms with Gasteiger partial charge in [-0.15, -0.1) is 0 Å². The minimum Gasteiger partial charge on any atom is -0.490 e. The van der Waals surface area contributed by atoms with E-state index in [1.807, 2.05) is 37.3 Å². The van der Waals surface area contributed by atoms with E-state index in [2.05, 4.69) is 50.5 Å². The number of halogens is 3. The van der Waals surface area contributed by atoms with Crippen LogP contribution < -0.4 is 14.8 Å². The normalized spacial score (nSPS) is 14.4. The monoisotopic (exact) mass is 698 g/mol. The molecule has 1 heterocycles. The number of amides is 3. The van der Waals surface area contributed by atoms with Gasteiger partial charge in [0.25, 0.3) is 5.91 Å². The van der Waals surface area contributed by atoms with E-state index >= 15 is 0 Å². The average Bonchev–Trinajstić information content (AvgIpc) is 3.08.